The Morgan fingerprint density at radius 3 is 2.38 bits per heavy atom. The predicted octanol–water partition coefficient (Wildman–Crippen LogP) is 2.29. The third kappa shape index (κ3) is 1.18. The molecule has 2 nitrogen and oxygen atoms in total. The van der Waals surface area contributed by atoms with E-state index in [4.69, 9.17) is 0 Å². The van der Waals surface area contributed by atoms with Gasteiger partial charge in [0.1, 0.15) is 0 Å². The molecule has 0 saturated heterocycles. The summed E-state index contributed by atoms with van der Waals surface area (Å²) in [6.07, 6.45) is 6.84. The fourth-order valence-electron chi connectivity index (χ4n) is 3.20. The lowest BCUT2D eigenvalue weighted by Crippen LogP contribution is -2.30. The van der Waals surface area contributed by atoms with Crippen molar-refractivity contribution in [2.45, 2.75) is 38.5 Å². The SMILES string of the molecule is O=C(O)C1(CC2CC2)CC2CC2C1. The van der Waals surface area contributed by atoms with Gasteiger partial charge in [-0.1, -0.05) is 12.8 Å². The molecule has 0 heterocycles. The summed E-state index contributed by atoms with van der Waals surface area (Å²) in [6.45, 7) is 0. The maximum absolute atomic E-state index is 11.3. The van der Waals surface area contributed by atoms with Crippen molar-refractivity contribution in [2.24, 2.45) is 23.2 Å². The zero-order valence-electron chi connectivity index (χ0n) is 7.83. The molecule has 3 aliphatic rings. The van der Waals surface area contributed by atoms with Crippen molar-refractivity contribution in [1.29, 1.82) is 0 Å². The van der Waals surface area contributed by atoms with Gasteiger partial charge in [-0.3, -0.25) is 4.79 Å². The molecule has 3 rings (SSSR count). The number of hydrogen-bond donors (Lipinski definition) is 1. The summed E-state index contributed by atoms with van der Waals surface area (Å²) >= 11 is 0. The first-order chi connectivity index (χ1) is 6.20. The Kier molecular flexibility index (Phi) is 1.38. The van der Waals surface area contributed by atoms with Crippen LogP contribution in [0.4, 0.5) is 0 Å². The summed E-state index contributed by atoms with van der Waals surface area (Å²) in [6, 6.07) is 0. The van der Waals surface area contributed by atoms with E-state index in [2.05, 4.69) is 0 Å². The average molecular weight is 180 g/mol. The largest absolute Gasteiger partial charge is 0.481 e. The molecule has 1 N–H and O–H groups in total. The number of hydrogen-bond acceptors (Lipinski definition) is 1. The standard InChI is InChI=1S/C11H16O2/c12-10(13)11(4-7-1-2-7)5-8-3-9(8)6-11/h7-9H,1-6H2,(H,12,13). The third-order valence-corrected chi connectivity index (χ3v) is 4.20. The number of carboxylic acids is 1. The van der Waals surface area contributed by atoms with Crippen LogP contribution in [0.25, 0.3) is 0 Å². The molecule has 0 spiro atoms. The van der Waals surface area contributed by atoms with Crippen LogP contribution in [-0.4, -0.2) is 11.1 Å². The highest BCUT2D eigenvalue weighted by Crippen LogP contribution is 2.63. The highest BCUT2D eigenvalue weighted by molar-refractivity contribution is 5.75. The topological polar surface area (TPSA) is 37.3 Å². The monoisotopic (exact) mass is 180 g/mol. The number of carboxylic acid groups (broad SMARTS) is 1. The second-order valence-corrected chi connectivity index (χ2v) is 5.40. The molecule has 3 fully saturated rings. The minimum atomic E-state index is -0.508. The lowest BCUT2D eigenvalue weighted by atomic mass is 9.78. The normalized spacial score (nSPS) is 47.4. The van der Waals surface area contributed by atoms with Crippen molar-refractivity contribution in [1.82, 2.24) is 0 Å². The first-order valence-electron chi connectivity index (χ1n) is 5.43. The molecule has 0 radical (unpaired) electrons. The number of aliphatic carboxylic acids is 1. The zero-order valence-corrected chi connectivity index (χ0v) is 7.83. The van der Waals surface area contributed by atoms with Crippen molar-refractivity contribution in [3.8, 4) is 0 Å². The lowest BCUT2D eigenvalue weighted by Gasteiger charge is -2.25. The van der Waals surface area contributed by atoms with Gasteiger partial charge >= 0.3 is 5.97 Å². The molecular formula is C11H16O2. The summed E-state index contributed by atoms with van der Waals surface area (Å²) in [5.74, 6) is 1.82. The highest BCUT2D eigenvalue weighted by Gasteiger charge is 2.58. The fraction of sp³-hybridized carbons (Fsp3) is 0.909. The van der Waals surface area contributed by atoms with Crippen LogP contribution >= 0.6 is 0 Å². The van der Waals surface area contributed by atoms with Crippen molar-refractivity contribution < 1.29 is 9.90 Å². The molecule has 0 aromatic rings. The number of rotatable bonds is 3. The molecule has 0 aromatic carbocycles. The Morgan fingerprint density at radius 1 is 1.31 bits per heavy atom. The van der Waals surface area contributed by atoms with Crippen LogP contribution in [0.1, 0.15) is 38.5 Å². The maximum atomic E-state index is 11.3. The summed E-state index contributed by atoms with van der Waals surface area (Å²) in [4.78, 5) is 11.3. The Hall–Kier alpha value is -0.530. The smallest absolute Gasteiger partial charge is 0.309 e. The van der Waals surface area contributed by atoms with Crippen LogP contribution in [0.5, 0.6) is 0 Å². The molecule has 2 heteroatoms. The van der Waals surface area contributed by atoms with Crippen LogP contribution in [0, 0.1) is 23.2 Å². The summed E-state index contributed by atoms with van der Waals surface area (Å²) < 4.78 is 0. The van der Waals surface area contributed by atoms with E-state index >= 15 is 0 Å². The van der Waals surface area contributed by atoms with Crippen molar-refractivity contribution in [3.05, 3.63) is 0 Å². The van der Waals surface area contributed by atoms with Crippen molar-refractivity contribution in [2.75, 3.05) is 0 Å². The van der Waals surface area contributed by atoms with Gasteiger partial charge in [0.15, 0.2) is 0 Å². The van der Waals surface area contributed by atoms with Gasteiger partial charge in [-0.05, 0) is 43.4 Å². The van der Waals surface area contributed by atoms with Crippen LogP contribution in [0.2, 0.25) is 0 Å². The predicted molar refractivity (Wildman–Crippen MR) is 48.2 cm³/mol. The molecule has 0 aromatic heterocycles. The van der Waals surface area contributed by atoms with Crippen LogP contribution in [0.3, 0.4) is 0 Å². The Labute approximate surface area is 78.3 Å². The highest BCUT2D eigenvalue weighted by atomic mass is 16.4. The molecular weight excluding hydrogens is 164 g/mol. The minimum absolute atomic E-state index is 0.283. The maximum Gasteiger partial charge on any atom is 0.309 e. The van der Waals surface area contributed by atoms with Crippen LogP contribution < -0.4 is 0 Å². The number of fused-ring (bicyclic) bond motifs is 1. The van der Waals surface area contributed by atoms with E-state index in [1.807, 2.05) is 0 Å². The molecule has 3 aliphatic carbocycles. The van der Waals surface area contributed by atoms with E-state index in [1.54, 1.807) is 0 Å². The van der Waals surface area contributed by atoms with Gasteiger partial charge in [-0.15, -0.1) is 0 Å². The third-order valence-electron chi connectivity index (χ3n) is 4.20. The van der Waals surface area contributed by atoms with Crippen molar-refractivity contribution in [3.63, 3.8) is 0 Å². The molecule has 0 aliphatic heterocycles. The van der Waals surface area contributed by atoms with Crippen LogP contribution in [0.15, 0.2) is 0 Å². The van der Waals surface area contributed by atoms with Gasteiger partial charge in [-0.2, -0.15) is 0 Å². The average Bonchev–Trinajstić information content (AvgIpc) is 2.95. The van der Waals surface area contributed by atoms with Gasteiger partial charge < -0.3 is 5.11 Å². The van der Waals surface area contributed by atoms with Gasteiger partial charge in [-0.25, -0.2) is 0 Å². The molecule has 13 heavy (non-hydrogen) atoms. The van der Waals surface area contributed by atoms with E-state index in [9.17, 15) is 9.90 Å². The van der Waals surface area contributed by atoms with Gasteiger partial charge in [0.2, 0.25) is 0 Å². The van der Waals surface area contributed by atoms with E-state index in [0.29, 0.717) is 0 Å². The summed E-state index contributed by atoms with van der Waals surface area (Å²) in [5, 5.41) is 9.28. The summed E-state index contributed by atoms with van der Waals surface area (Å²) in [7, 11) is 0. The number of carbonyl (C=O) groups is 1. The van der Waals surface area contributed by atoms with Crippen molar-refractivity contribution >= 4 is 5.97 Å². The first kappa shape index (κ1) is 7.84. The lowest BCUT2D eigenvalue weighted by molar-refractivity contribution is -0.150. The van der Waals surface area contributed by atoms with Gasteiger partial charge in [0.25, 0.3) is 0 Å². The minimum Gasteiger partial charge on any atom is -0.481 e. The first-order valence-corrected chi connectivity index (χ1v) is 5.43. The van der Waals surface area contributed by atoms with Gasteiger partial charge in [0, 0.05) is 0 Å². The van der Waals surface area contributed by atoms with Crippen LogP contribution in [-0.2, 0) is 4.79 Å². The Balaban J connectivity index is 1.76. The molecule has 2 unspecified atom stereocenters. The zero-order chi connectivity index (χ0) is 9.05. The quantitative estimate of drug-likeness (QED) is 0.723. The molecule has 3 saturated carbocycles. The fourth-order valence-corrected chi connectivity index (χ4v) is 3.20. The van der Waals surface area contributed by atoms with E-state index < -0.39 is 5.97 Å². The molecule has 0 amide bonds. The molecule has 72 valence electrons. The molecule has 0 bridgehead atoms. The molecule has 2 atom stereocenters. The second-order valence-electron chi connectivity index (χ2n) is 5.40. The van der Waals surface area contributed by atoms with Gasteiger partial charge in [0.05, 0.1) is 5.41 Å². The van der Waals surface area contributed by atoms with E-state index in [0.717, 1.165) is 37.0 Å². The summed E-state index contributed by atoms with van der Waals surface area (Å²) in [5.41, 5.74) is -0.283. The Morgan fingerprint density at radius 2 is 1.92 bits per heavy atom. The van der Waals surface area contributed by atoms with E-state index in [1.165, 1.54) is 19.3 Å². The second kappa shape index (κ2) is 2.28. The van der Waals surface area contributed by atoms with E-state index in [-0.39, 0.29) is 5.41 Å². The Bertz CT molecular complexity index is 245.